The van der Waals surface area contributed by atoms with Crippen molar-refractivity contribution in [2.45, 2.75) is 39.0 Å². The lowest BCUT2D eigenvalue weighted by molar-refractivity contribution is 0.0689. The first-order valence-electron chi connectivity index (χ1n) is 8.68. The van der Waals surface area contributed by atoms with Gasteiger partial charge in [-0.2, -0.15) is 0 Å². The van der Waals surface area contributed by atoms with Crippen LogP contribution in [0, 0.1) is 0 Å². The molecule has 0 radical (unpaired) electrons. The summed E-state index contributed by atoms with van der Waals surface area (Å²) >= 11 is 1.81. The van der Waals surface area contributed by atoms with E-state index in [1.165, 1.54) is 0 Å². The normalized spacial score (nSPS) is 13.5. The largest absolute Gasteiger partial charge is 0.522 e. The second-order valence-electron chi connectivity index (χ2n) is 5.29. The Balaban J connectivity index is 2.45. The molecule has 0 aliphatic carbocycles. The maximum Gasteiger partial charge on any atom is 0.522 e. The molecule has 1 aromatic carbocycles. The molecule has 0 aliphatic rings. The highest BCUT2D eigenvalue weighted by Crippen LogP contribution is 2.39. The van der Waals surface area contributed by atoms with Crippen LogP contribution in [0.15, 0.2) is 24.3 Å². The molecule has 0 fully saturated rings. The van der Waals surface area contributed by atoms with Gasteiger partial charge in [0.05, 0.1) is 11.0 Å². The van der Waals surface area contributed by atoms with Crippen molar-refractivity contribution in [2.24, 2.45) is 0 Å². The van der Waals surface area contributed by atoms with Crippen molar-refractivity contribution < 1.29 is 13.3 Å². The van der Waals surface area contributed by atoms with Crippen LogP contribution in [0.4, 0.5) is 0 Å². The summed E-state index contributed by atoms with van der Waals surface area (Å²) in [4.78, 5) is 8.19. The summed E-state index contributed by atoms with van der Waals surface area (Å²) in [6, 6.07) is 8.07. The number of aromatic amines is 1. The number of imidazole rings is 1. The second-order valence-corrected chi connectivity index (χ2v) is 9.57. The van der Waals surface area contributed by atoms with E-state index in [0.29, 0.717) is 19.8 Å². The Kier molecular flexibility index (Phi) is 7.77. The van der Waals surface area contributed by atoms with Crippen molar-refractivity contribution in [3.63, 3.8) is 0 Å². The van der Waals surface area contributed by atoms with Crippen LogP contribution in [-0.2, 0) is 13.3 Å². The van der Waals surface area contributed by atoms with E-state index in [9.17, 15) is 0 Å². The average Bonchev–Trinajstić information content (AvgIpc) is 2.99. The van der Waals surface area contributed by atoms with Gasteiger partial charge < -0.3 is 18.3 Å². The fourth-order valence-electron chi connectivity index (χ4n) is 2.64. The highest BCUT2D eigenvalue weighted by atomic mass is 32.2. The fraction of sp³-hybridized carbons (Fsp3) is 0.588. The number of nitrogens with one attached hydrogen (secondary N) is 1. The first-order chi connectivity index (χ1) is 11.7. The third-order valence-corrected chi connectivity index (χ3v) is 9.06. The third kappa shape index (κ3) is 4.40. The second kappa shape index (κ2) is 9.58. The SMILES string of the molecule is CCCSC(c1nc2ccccc2[nH]1)[Si](OCC)(OCC)OCC. The molecule has 1 atom stereocenters. The van der Waals surface area contributed by atoms with Crippen molar-refractivity contribution in [1.29, 1.82) is 0 Å². The van der Waals surface area contributed by atoms with Crippen LogP contribution in [0.2, 0.25) is 0 Å². The summed E-state index contributed by atoms with van der Waals surface area (Å²) in [6.45, 7) is 9.83. The van der Waals surface area contributed by atoms with E-state index in [1.807, 2.05) is 56.8 Å². The molecule has 2 aromatic rings. The van der Waals surface area contributed by atoms with E-state index in [1.54, 1.807) is 0 Å². The lowest BCUT2D eigenvalue weighted by atomic mass is 10.3. The van der Waals surface area contributed by atoms with E-state index in [4.69, 9.17) is 18.3 Å². The molecule has 0 amide bonds. The van der Waals surface area contributed by atoms with E-state index in [2.05, 4.69) is 11.9 Å². The van der Waals surface area contributed by atoms with Crippen LogP contribution in [0.25, 0.3) is 11.0 Å². The van der Waals surface area contributed by atoms with E-state index < -0.39 is 8.80 Å². The first-order valence-corrected chi connectivity index (χ1v) is 11.5. The smallest absolute Gasteiger partial charge is 0.373 e. The zero-order valence-electron chi connectivity index (χ0n) is 15.0. The molecule has 1 N–H and O–H groups in total. The summed E-state index contributed by atoms with van der Waals surface area (Å²) in [5.74, 6) is 1.89. The van der Waals surface area contributed by atoms with Gasteiger partial charge in [0.15, 0.2) is 0 Å². The quantitative estimate of drug-likeness (QED) is 0.598. The lowest BCUT2D eigenvalue weighted by Gasteiger charge is -2.33. The van der Waals surface area contributed by atoms with Gasteiger partial charge in [-0.05, 0) is 45.1 Å². The highest BCUT2D eigenvalue weighted by molar-refractivity contribution is 8.01. The summed E-state index contributed by atoms with van der Waals surface area (Å²) < 4.78 is 18.4. The fourth-order valence-corrected chi connectivity index (χ4v) is 7.54. The molecular formula is C17H28N2O3SSi. The Morgan fingerprint density at radius 1 is 1.04 bits per heavy atom. The number of para-hydroxylation sites is 2. The van der Waals surface area contributed by atoms with Crippen molar-refractivity contribution >= 4 is 31.6 Å². The molecule has 2 rings (SSSR count). The van der Waals surface area contributed by atoms with Crippen molar-refractivity contribution in [3.05, 3.63) is 30.1 Å². The van der Waals surface area contributed by atoms with Crippen LogP contribution < -0.4 is 0 Å². The Morgan fingerprint density at radius 3 is 2.21 bits per heavy atom. The minimum Gasteiger partial charge on any atom is -0.373 e. The summed E-state index contributed by atoms with van der Waals surface area (Å²) in [5.41, 5.74) is 1.99. The predicted octanol–water partition coefficient (Wildman–Crippen LogP) is 4.33. The predicted molar refractivity (Wildman–Crippen MR) is 102 cm³/mol. The minimum atomic E-state index is -2.90. The molecule has 24 heavy (non-hydrogen) atoms. The topological polar surface area (TPSA) is 56.4 Å². The van der Waals surface area contributed by atoms with Crippen molar-refractivity contribution in [3.8, 4) is 0 Å². The Labute approximate surface area is 149 Å². The zero-order valence-corrected chi connectivity index (χ0v) is 16.8. The molecule has 0 saturated heterocycles. The van der Waals surface area contributed by atoms with E-state index in [-0.39, 0.29) is 4.87 Å². The number of thioether (sulfide) groups is 1. The Bertz CT molecular complexity index is 573. The number of hydrogen-bond donors (Lipinski definition) is 1. The molecule has 7 heteroatoms. The molecule has 5 nitrogen and oxygen atoms in total. The van der Waals surface area contributed by atoms with Crippen LogP contribution in [-0.4, -0.2) is 44.3 Å². The summed E-state index contributed by atoms with van der Waals surface area (Å²) in [7, 11) is -2.90. The van der Waals surface area contributed by atoms with Crippen LogP contribution >= 0.6 is 11.8 Å². The Morgan fingerprint density at radius 2 is 1.67 bits per heavy atom. The standard InChI is InChI=1S/C17H28N2O3SSi/c1-5-13-23-17(24(20-6-2,21-7-3)22-8-4)16-18-14-11-9-10-12-15(14)19-16/h9-12,17H,5-8,13H2,1-4H3,(H,18,19). The number of benzene rings is 1. The number of rotatable bonds is 11. The molecule has 1 aromatic heterocycles. The number of hydrogen-bond acceptors (Lipinski definition) is 5. The van der Waals surface area contributed by atoms with Gasteiger partial charge in [-0.1, -0.05) is 19.1 Å². The maximum absolute atomic E-state index is 6.13. The minimum absolute atomic E-state index is 0.0512. The van der Waals surface area contributed by atoms with Crippen LogP contribution in [0.5, 0.6) is 0 Å². The molecular weight excluding hydrogens is 340 g/mol. The summed E-state index contributed by atoms with van der Waals surface area (Å²) in [5, 5.41) is 0. The molecule has 1 unspecified atom stereocenters. The zero-order chi connectivity index (χ0) is 17.4. The monoisotopic (exact) mass is 368 g/mol. The molecule has 0 spiro atoms. The van der Waals surface area contributed by atoms with Gasteiger partial charge in [0.1, 0.15) is 10.7 Å². The number of fused-ring (bicyclic) bond motifs is 1. The maximum atomic E-state index is 6.13. The van der Waals surface area contributed by atoms with Gasteiger partial charge >= 0.3 is 8.80 Å². The van der Waals surface area contributed by atoms with Gasteiger partial charge in [0.2, 0.25) is 0 Å². The molecule has 1 heterocycles. The third-order valence-electron chi connectivity index (χ3n) is 3.50. The molecule has 134 valence electrons. The van der Waals surface area contributed by atoms with E-state index in [0.717, 1.165) is 29.0 Å². The van der Waals surface area contributed by atoms with Gasteiger partial charge in [0, 0.05) is 19.8 Å². The first kappa shape index (κ1) is 19.5. The van der Waals surface area contributed by atoms with Gasteiger partial charge in [-0.3, -0.25) is 0 Å². The van der Waals surface area contributed by atoms with Gasteiger partial charge in [-0.25, -0.2) is 4.98 Å². The molecule has 0 aliphatic heterocycles. The van der Waals surface area contributed by atoms with Gasteiger partial charge in [-0.15, -0.1) is 11.8 Å². The lowest BCUT2D eigenvalue weighted by Crippen LogP contribution is -2.51. The number of nitrogens with zero attached hydrogens (tertiary/aromatic N) is 1. The molecule has 0 bridgehead atoms. The molecule has 0 saturated carbocycles. The average molecular weight is 369 g/mol. The van der Waals surface area contributed by atoms with Gasteiger partial charge in [0.25, 0.3) is 0 Å². The van der Waals surface area contributed by atoms with E-state index >= 15 is 0 Å². The highest BCUT2D eigenvalue weighted by Gasteiger charge is 2.52. The van der Waals surface area contributed by atoms with Crippen LogP contribution in [0.3, 0.4) is 0 Å². The number of H-pyrrole nitrogens is 1. The van der Waals surface area contributed by atoms with Crippen molar-refractivity contribution in [1.82, 2.24) is 9.97 Å². The van der Waals surface area contributed by atoms with Crippen LogP contribution in [0.1, 0.15) is 44.8 Å². The number of aromatic nitrogens is 2. The Hall–Kier alpha value is -0.863. The summed E-state index contributed by atoms with van der Waals surface area (Å²) in [6.07, 6.45) is 1.08. The van der Waals surface area contributed by atoms with Crippen molar-refractivity contribution in [2.75, 3.05) is 25.6 Å².